The zero-order valence-electron chi connectivity index (χ0n) is 18.3. The second kappa shape index (κ2) is 10.4. The first-order valence-electron chi connectivity index (χ1n) is 10.7. The predicted octanol–water partition coefficient (Wildman–Crippen LogP) is 4.75. The van der Waals surface area contributed by atoms with Crippen molar-refractivity contribution in [1.82, 2.24) is 9.80 Å². The van der Waals surface area contributed by atoms with Crippen LogP contribution in [-0.2, 0) is 9.59 Å². The topological polar surface area (TPSA) is 60.9 Å². The second-order valence-electron chi connectivity index (χ2n) is 7.79. The molecule has 0 aliphatic carbocycles. The Kier molecular flexibility index (Phi) is 7.89. The van der Waals surface area contributed by atoms with E-state index in [9.17, 15) is 14.7 Å². The maximum Gasteiger partial charge on any atom is 0.295 e. The van der Waals surface area contributed by atoms with Crippen molar-refractivity contribution < 1.29 is 14.7 Å². The molecule has 1 amide bonds. The summed E-state index contributed by atoms with van der Waals surface area (Å²) in [5, 5.41) is 11.1. The normalized spacial score (nSPS) is 18.2. The molecule has 3 rings (SSSR count). The molecule has 2 aromatic carbocycles. The number of halogens is 1. The van der Waals surface area contributed by atoms with Crippen molar-refractivity contribution in [2.24, 2.45) is 0 Å². The average molecular weight is 532 g/mol. The number of likely N-dealkylation sites (tertiary alicyclic amines) is 1. The number of benzene rings is 2. The Morgan fingerprint density at radius 2 is 1.65 bits per heavy atom. The number of aliphatic hydroxyl groups is 1. The number of carbonyl (C=O) groups excluding carboxylic acids is 2. The maximum absolute atomic E-state index is 13.0. The maximum atomic E-state index is 13.0. The molecular formula is C25H29IN2O3. The monoisotopic (exact) mass is 532 g/mol. The van der Waals surface area contributed by atoms with Crippen LogP contribution in [-0.4, -0.2) is 52.8 Å². The van der Waals surface area contributed by atoms with E-state index < -0.39 is 17.7 Å². The first-order valence-corrected chi connectivity index (χ1v) is 11.8. The van der Waals surface area contributed by atoms with Crippen LogP contribution < -0.4 is 0 Å². The molecule has 0 spiro atoms. The number of aliphatic hydroxyl groups excluding tert-OH is 1. The molecule has 1 aliphatic heterocycles. The fraction of sp³-hybridized carbons (Fsp3) is 0.360. The molecule has 0 saturated carbocycles. The van der Waals surface area contributed by atoms with Gasteiger partial charge >= 0.3 is 0 Å². The quantitative estimate of drug-likeness (QED) is 0.231. The van der Waals surface area contributed by atoms with Gasteiger partial charge in [0.2, 0.25) is 0 Å². The number of carbonyl (C=O) groups is 2. The summed E-state index contributed by atoms with van der Waals surface area (Å²) in [6.45, 7) is 9.40. The van der Waals surface area contributed by atoms with Gasteiger partial charge in [0.25, 0.3) is 11.7 Å². The van der Waals surface area contributed by atoms with E-state index in [0.717, 1.165) is 40.8 Å². The van der Waals surface area contributed by atoms with Crippen LogP contribution in [0.4, 0.5) is 0 Å². The van der Waals surface area contributed by atoms with Gasteiger partial charge in [-0.15, -0.1) is 0 Å². The van der Waals surface area contributed by atoms with Crippen molar-refractivity contribution in [3.8, 4) is 0 Å². The molecule has 0 bridgehead atoms. The summed E-state index contributed by atoms with van der Waals surface area (Å²) in [4.78, 5) is 29.9. The van der Waals surface area contributed by atoms with Crippen molar-refractivity contribution in [1.29, 1.82) is 0 Å². The van der Waals surface area contributed by atoms with E-state index in [4.69, 9.17) is 0 Å². The molecule has 2 aromatic rings. The van der Waals surface area contributed by atoms with E-state index in [-0.39, 0.29) is 11.3 Å². The van der Waals surface area contributed by atoms with Gasteiger partial charge in [0.15, 0.2) is 0 Å². The predicted molar refractivity (Wildman–Crippen MR) is 132 cm³/mol. The van der Waals surface area contributed by atoms with Crippen LogP contribution in [0.25, 0.3) is 5.76 Å². The minimum atomic E-state index is -0.621. The minimum absolute atomic E-state index is 0.117. The van der Waals surface area contributed by atoms with E-state index in [1.54, 1.807) is 17.0 Å². The number of hydrogen-bond donors (Lipinski definition) is 1. The summed E-state index contributed by atoms with van der Waals surface area (Å²) in [5.74, 6) is -1.28. The van der Waals surface area contributed by atoms with Crippen LogP contribution in [0.15, 0.2) is 54.1 Å². The smallest absolute Gasteiger partial charge is 0.295 e. The highest BCUT2D eigenvalue weighted by Crippen LogP contribution is 2.39. The van der Waals surface area contributed by atoms with Gasteiger partial charge in [-0.1, -0.05) is 55.8 Å². The summed E-state index contributed by atoms with van der Waals surface area (Å²) in [5.41, 5.74) is 2.60. The standard InChI is InChI=1S/C25H29IN2O3/c1-4-27(5-2)15-6-16-28-22(18-11-13-20(26)14-12-18)21(24(30)25(28)31)23(29)19-9-7-17(3)8-10-19/h7-14,22,29H,4-6,15-16H2,1-3H3/b23-21+. The Balaban J connectivity index is 2.01. The molecule has 5 nitrogen and oxygen atoms in total. The third-order valence-corrected chi connectivity index (χ3v) is 6.54. The molecule has 1 saturated heterocycles. The lowest BCUT2D eigenvalue weighted by Gasteiger charge is -2.27. The fourth-order valence-electron chi connectivity index (χ4n) is 3.97. The van der Waals surface area contributed by atoms with Gasteiger partial charge < -0.3 is 14.9 Å². The molecule has 1 aliphatic rings. The number of aryl methyl sites for hydroxylation is 1. The molecule has 1 atom stereocenters. The van der Waals surface area contributed by atoms with Crippen molar-refractivity contribution >= 4 is 40.0 Å². The van der Waals surface area contributed by atoms with Crippen LogP contribution in [0.5, 0.6) is 0 Å². The van der Waals surface area contributed by atoms with Crippen LogP contribution in [0.2, 0.25) is 0 Å². The molecule has 1 unspecified atom stereocenters. The summed E-state index contributed by atoms with van der Waals surface area (Å²) >= 11 is 2.23. The largest absolute Gasteiger partial charge is 0.507 e. The molecule has 1 heterocycles. The highest BCUT2D eigenvalue weighted by atomic mass is 127. The lowest BCUT2D eigenvalue weighted by Crippen LogP contribution is -2.33. The number of hydrogen-bond acceptors (Lipinski definition) is 4. The number of rotatable bonds is 8. The van der Waals surface area contributed by atoms with Crippen LogP contribution in [0.3, 0.4) is 0 Å². The second-order valence-corrected chi connectivity index (χ2v) is 9.04. The SMILES string of the molecule is CCN(CC)CCCN1C(=O)C(=O)/C(=C(/O)c2ccc(C)cc2)C1c1ccc(I)cc1. The number of Topliss-reactive ketones (excluding diaryl/α,β-unsaturated/α-hetero) is 1. The van der Waals surface area contributed by atoms with E-state index >= 15 is 0 Å². The molecule has 1 fully saturated rings. The van der Waals surface area contributed by atoms with E-state index in [1.807, 2.05) is 43.3 Å². The molecule has 164 valence electrons. The zero-order chi connectivity index (χ0) is 22.5. The third kappa shape index (κ3) is 5.18. The number of nitrogens with zero attached hydrogens (tertiary/aromatic N) is 2. The Hall–Kier alpha value is -2.19. The highest BCUT2D eigenvalue weighted by molar-refractivity contribution is 14.1. The van der Waals surface area contributed by atoms with Gasteiger partial charge in [-0.25, -0.2) is 0 Å². The van der Waals surface area contributed by atoms with Crippen molar-refractivity contribution in [2.45, 2.75) is 33.2 Å². The molecular weight excluding hydrogens is 503 g/mol. The van der Waals surface area contributed by atoms with Crippen LogP contribution in [0.1, 0.15) is 43.0 Å². The Morgan fingerprint density at radius 1 is 1.03 bits per heavy atom. The van der Waals surface area contributed by atoms with Crippen molar-refractivity contribution in [2.75, 3.05) is 26.2 Å². The van der Waals surface area contributed by atoms with Gasteiger partial charge in [0.05, 0.1) is 11.6 Å². The fourth-order valence-corrected chi connectivity index (χ4v) is 4.33. The lowest BCUT2D eigenvalue weighted by atomic mass is 9.95. The average Bonchev–Trinajstić information content (AvgIpc) is 3.02. The molecule has 31 heavy (non-hydrogen) atoms. The highest BCUT2D eigenvalue weighted by Gasteiger charge is 2.45. The van der Waals surface area contributed by atoms with Crippen LogP contribution >= 0.6 is 22.6 Å². The molecule has 0 aromatic heterocycles. The van der Waals surface area contributed by atoms with E-state index in [2.05, 4.69) is 41.3 Å². The minimum Gasteiger partial charge on any atom is -0.507 e. The van der Waals surface area contributed by atoms with Crippen LogP contribution in [0, 0.1) is 10.5 Å². The van der Waals surface area contributed by atoms with Gasteiger partial charge in [-0.3, -0.25) is 9.59 Å². The Labute approximate surface area is 197 Å². The summed E-state index contributed by atoms with van der Waals surface area (Å²) in [6.07, 6.45) is 0.764. The van der Waals surface area contributed by atoms with E-state index in [0.29, 0.717) is 12.1 Å². The van der Waals surface area contributed by atoms with E-state index in [1.165, 1.54) is 0 Å². The first-order chi connectivity index (χ1) is 14.9. The van der Waals surface area contributed by atoms with Crippen molar-refractivity contribution in [3.63, 3.8) is 0 Å². The summed E-state index contributed by atoms with van der Waals surface area (Å²) in [7, 11) is 0. The lowest BCUT2D eigenvalue weighted by molar-refractivity contribution is -0.140. The Bertz CT molecular complexity index is 963. The summed E-state index contributed by atoms with van der Waals surface area (Å²) in [6, 6.07) is 14.5. The third-order valence-electron chi connectivity index (χ3n) is 5.82. The first kappa shape index (κ1) is 23.5. The summed E-state index contributed by atoms with van der Waals surface area (Å²) < 4.78 is 1.07. The zero-order valence-corrected chi connectivity index (χ0v) is 20.4. The Morgan fingerprint density at radius 3 is 2.23 bits per heavy atom. The van der Waals surface area contributed by atoms with Gasteiger partial charge in [-0.2, -0.15) is 0 Å². The van der Waals surface area contributed by atoms with Gasteiger partial charge in [-0.05, 0) is 73.3 Å². The number of amides is 1. The van der Waals surface area contributed by atoms with Gasteiger partial charge in [0.1, 0.15) is 5.76 Å². The molecule has 1 N–H and O–H groups in total. The molecule has 6 heteroatoms. The van der Waals surface area contributed by atoms with Gasteiger partial charge in [0, 0.05) is 15.7 Å². The number of ketones is 1. The molecule has 0 radical (unpaired) electrons. The van der Waals surface area contributed by atoms with Crippen molar-refractivity contribution in [3.05, 3.63) is 74.4 Å².